The largest absolute Gasteiger partial charge is 0.507 e. The highest BCUT2D eigenvalue weighted by atomic mass is 35.5. The molecule has 0 saturated heterocycles. The summed E-state index contributed by atoms with van der Waals surface area (Å²) < 4.78 is 5.70. The molecule has 0 spiro atoms. The fourth-order valence-electron chi connectivity index (χ4n) is 2.43. The van der Waals surface area contributed by atoms with E-state index >= 15 is 0 Å². The van der Waals surface area contributed by atoms with Crippen molar-refractivity contribution in [1.82, 2.24) is 0 Å². The number of halogens is 1. The number of hydrogen-bond acceptors (Lipinski definition) is 4. The van der Waals surface area contributed by atoms with Crippen LogP contribution in [0.5, 0.6) is 17.2 Å². The first kappa shape index (κ1) is 17.5. The third-order valence-corrected chi connectivity index (χ3v) is 4.05. The predicted octanol–water partition coefficient (Wildman–Crippen LogP) is 4.77. The number of para-hydroxylation sites is 1. The third-order valence-electron chi connectivity index (χ3n) is 3.65. The second-order valence-corrected chi connectivity index (χ2v) is 5.78. The first-order chi connectivity index (χ1) is 12.5. The van der Waals surface area contributed by atoms with E-state index in [9.17, 15) is 14.7 Å². The molecule has 0 unspecified atom stereocenters. The molecule has 0 aliphatic rings. The molecule has 0 heterocycles. The van der Waals surface area contributed by atoms with Gasteiger partial charge in [-0.05, 0) is 36.4 Å². The van der Waals surface area contributed by atoms with Crippen LogP contribution in [0.4, 0.5) is 0 Å². The Morgan fingerprint density at radius 3 is 2.27 bits per heavy atom. The van der Waals surface area contributed by atoms with Crippen LogP contribution in [0.3, 0.4) is 0 Å². The van der Waals surface area contributed by atoms with Gasteiger partial charge in [-0.2, -0.15) is 0 Å². The van der Waals surface area contributed by atoms with Crippen LogP contribution >= 0.6 is 11.6 Å². The van der Waals surface area contributed by atoms with Gasteiger partial charge >= 0.3 is 5.97 Å². The molecule has 0 atom stereocenters. The van der Waals surface area contributed by atoms with Gasteiger partial charge in [0.15, 0.2) is 5.78 Å². The number of carboxylic acid groups (broad SMARTS) is 1. The average molecular weight is 369 g/mol. The molecule has 3 aromatic carbocycles. The second-order valence-electron chi connectivity index (χ2n) is 5.40. The topological polar surface area (TPSA) is 83.8 Å². The van der Waals surface area contributed by atoms with Gasteiger partial charge in [0.05, 0.1) is 5.02 Å². The highest BCUT2D eigenvalue weighted by Gasteiger charge is 2.22. The molecule has 26 heavy (non-hydrogen) atoms. The summed E-state index contributed by atoms with van der Waals surface area (Å²) in [6, 6.07) is 18.0. The minimum absolute atomic E-state index is 0.0151. The quantitative estimate of drug-likeness (QED) is 0.634. The Bertz CT molecular complexity index is 983. The lowest BCUT2D eigenvalue weighted by Gasteiger charge is -2.10. The van der Waals surface area contributed by atoms with Crippen molar-refractivity contribution in [3.8, 4) is 17.2 Å². The summed E-state index contributed by atoms with van der Waals surface area (Å²) in [5.74, 6) is -1.32. The van der Waals surface area contributed by atoms with Gasteiger partial charge in [-0.3, -0.25) is 4.79 Å². The first-order valence-electron chi connectivity index (χ1n) is 7.60. The summed E-state index contributed by atoms with van der Waals surface area (Å²) in [7, 11) is 0. The molecular formula is C20H13ClO5. The zero-order valence-corrected chi connectivity index (χ0v) is 14.1. The molecule has 130 valence electrons. The van der Waals surface area contributed by atoms with Crippen molar-refractivity contribution in [3.05, 3.63) is 88.4 Å². The Balaban J connectivity index is 1.95. The Hall–Kier alpha value is -3.31. The van der Waals surface area contributed by atoms with Crippen LogP contribution < -0.4 is 4.74 Å². The lowest BCUT2D eigenvalue weighted by molar-refractivity contribution is 0.0694. The number of phenols is 1. The number of carbonyl (C=O) groups excluding carboxylic acids is 1. The van der Waals surface area contributed by atoms with E-state index in [0.29, 0.717) is 11.5 Å². The van der Waals surface area contributed by atoms with E-state index in [-0.39, 0.29) is 16.1 Å². The maximum Gasteiger partial charge on any atom is 0.341 e. The number of ether oxygens (including phenoxy) is 1. The van der Waals surface area contributed by atoms with Crippen LogP contribution in [0.25, 0.3) is 0 Å². The molecule has 0 radical (unpaired) electrons. The Morgan fingerprint density at radius 1 is 0.885 bits per heavy atom. The van der Waals surface area contributed by atoms with E-state index in [1.54, 1.807) is 36.4 Å². The highest BCUT2D eigenvalue weighted by molar-refractivity contribution is 6.38. The van der Waals surface area contributed by atoms with Crippen LogP contribution in [-0.4, -0.2) is 22.0 Å². The average Bonchev–Trinajstić information content (AvgIpc) is 2.62. The van der Waals surface area contributed by atoms with Crippen molar-refractivity contribution >= 4 is 23.4 Å². The molecule has 0 amide bonds. The number of ketones is 1. The fourth-order valence-corrected chi connectivity index (χ4v) is 2.75. The van der Waals surface area contributed by atoms with E-state index < -0.39 is 23.1 Å². The van der Waals surface area contributed by atoms with Gasteiger partial charge in [-0.25, -0.2) is 4.79 Å². The van der Waals surface area contributed by atoms with Crippen LogP contribution in [0, 0.1) is 0 Å². The standard InChI is InChI=1S/C20H13ClO5/c21-18-15(9-10-16(22)17(18)20(24)25)19(23)12-5-4-8-14(11-12)26-13-6-2-1-3-7-13/h1-11,22H,(H,24,25). The smallest absolute Gasteiger partial charge is 0.341 e. The van der Waals surface area contributed by atoms with E-state index in [0.717, 1.165) is 6.07 Å². The number of aromatic hydroxyl groups is 1. The van der Waals surface area contributed by atoms with Crippen molar-refractivity contribution < 1.29 is 24.5 Å². The summed E-state index contributed by atoms with van der Waals surface area (Å²) >= 11 is 6.03. The van der Waals surface area contributed by atoms with Crippen LogP contribution in [0.2, 0.25) is 5.02 Å². The van der Waals surface area contributed by atoms with Gasteiger partial charge in [0.1, 0.15) is 22.8 Å². The van der Waals surface area contributed by atoms with Gasteiger partial charge in [0.25, 0.3) is 0 Å². The Kier molecular flexibility index (Phi) is 4.91. The minimum Gasteiger partial charge on any atom is -0.507 e. The number of carboxylic acids is 1. The molecule has 0 saturated carbocycles. The second kappa shape index (κ2) is 7.29. The number of benzene rings is 3. The van der Waals surface area contributed by atoms with Crippen molar-refractivity contribution in [2.75, 3.05) is 0 Å². The number of aromatic carboxylic acids is 1. The van der Waals surface area contributed by atoms with Crippen LogP contribution in [-0.2, 0) is 0 Å². The maximum absolute atomic E-state index is 12.7. The SMILES string of the molecule is O=C(c1cccc(Oc2ccccc2)c1)c1ccc(O)c(C(=O)O)c1Cl. The lowest BCUT2D eigenvalue weighted by atomic mass is 10.0. The molecule has 0 fully saturated rings. The molecule has 3 aromatic rings. The van der Waals surface area contributed by atoms with E-state index in [1.165, 1.54) is 6.07 Å². The lowest BCUT2D eigenvalue weighted by Crippen LogP contribution is -2.07. The van der Waals surface area contributed by atoms with E-state index in [1.807, 2.05) is 18.2 Å². The van der Waals surface area contributed by atoms with Gasteiger partial charge < -0.3 is 14.9 Å². The molecule has 0 aromatic heterocycles. The molecule has 6 heteroatoms. The monoisotopic (exact) mass is 368 g/mol. The van der Waals surface area contributed by atoms with Gasteiger partial charge in [0.2, 0.25) is 0 Å². The summed E-state index contributed by atoms with van der Waals surface area (Å²) in [5, 5.41) is 18.5. The minimum atomic E-state index is -1.41. The summed E-state index contributed by atoms with van der Waals surface area (Å²) in [6.45, 7) is 0. The van der Waals surface area contributed by atoms with E-state index in [2.05, 4.69) is 0 Å². The molecule has 0 aliphatic heterocycles. The summed E-state index contributed by atoms with van der Waals surface area (Å²) in [4.78, 5) is 24.0. The van der Waals surface area contributed by atoms with Gasteiger partial charge in [-0.15, -0.1) is 0 Å². The predicted molar refractivity (Wildman–Crippen MR) is 96.5 cm³/mol. The maximum atomic E-state index is 12.7. The molecule has 5 nitrogen and oxygen atoms in total. The Labute approximate surface area is 154 Å². The Morgan fingerprint density at radius 2 is 1.58 bits per heavy atom. The van der Waals surface area contributed by atoms with Crippen molar-refractivity contribution in [2.24, 2.45) is 0 Å². The third kappa shape index (κ3) is 3.53. The number of rotatable bonds is 5. The fraction of sp³-hybridized carbons (Fsp3) is 0. The van der Waals surface area contributed by atoms with Crippen LogP contribution in [0.1, 0.15) is 26.3 Å². The zero-order chi connectivity index (χ0) is 18.7. The van der Waals surface area contributed by atoms with E-state index in [4.69, 9.17) is 21.4 Å². The number of hydrogen-bond donors (Lipinski definition) is 2. The van der Waals surface area contributed by atoms with Crippen molar-refractivity contribution in [3.63, 3.8) is 0 Å². The first-order valence-corrected chi connectivity index (χ1v) is 7.97. The zero-order valence-electron chi connectivity index (χ0n) is 13.3. The molecule has 2 N–H and O–H groups in total. The van der Waals surface area contributed by atoms with Gasteiger partial charge in [-0.1, -0.05) is 41.9 Å². The molecule has 0 aliphatic carbocycles. The van der Waals surface area contributed by atoms with Gasteiger partial charge in [0, 0.05) is 11.1 Å². The highest BCUT2D eigenvalue weighted by Crippen LogP contribution is 2.31. The van der Waals surface area contributed by atoms with Crippen LogP contribution in [0.15, 0.2) is 66.7 Å². The normalized spacial score (nSPS) is 10.3. The molecular weight excluding hydrogens is 356 g/mol. The molecule has 0 bridgehead atoms. The number of carbonyl (C=O) groups is 2. The molecule has 3 rings (SSSR count). The van der Waals surface area contributed by atoms with Crippen molar-refractivity contribution in [2.45, 2.75) is 0 Å². The summed E-state index contributed by atoms with van der Waals surface area (Å²) in [6.07, 6.45) is 0. The van der Waals surface area contributed by atoms with Crippen molar-refractivity contribution in [1.29, 1.82) is 0 Å². The summed E-state index contributed by atoms with van der Waals surface area (Å²) in [5.41, 5.74) is -0.240.